The van der Waals surface area contributed by atoms with Crippen LogP contribution in [0.3, 0.4) is 0 Å². The summed E-state index contributed by atoms with van der Waals surface area (Å²) >= 11 is 7.44. The van der Waals surface area contributed by atoms with Crippen LogP contribution in [0.25, 0.3) is 0 Å². The van der Waals surface area contributed by atoms with Gasteiger partial charge in [0.25, 0.3) is 0 Å². The van der Waals surface area contributed by atoms with Crippen LogP contribution in [0.4, 0.5) is 0 Å². The van der Waals surface area contributed by atoms with Gasteiger partial charge >= 0.3 is 0 Å². The fraction of sp³-hybridized carbons (Fsp3) is 0.692. The minimum atomic E-state index is 0.385. The molecule has 0 spiro atoms. The van der Waals surface area contributed by atoms with Crippen molar-refractivity contribution in [1.82, 2.24) is 4.90 Å². The van der Waals surface area contributed by atoms with E-state index < -0.39 is 0 Å². The average molecular weight is 349 g/mol. The lowest BCUT2D eigenvalue weighted by molar-refractivity contribution is 0.213. The zero-order valence-electron chi connectivity index (χ0n) is 11.0. The zero-order chi connectivity index (χ0) is 13.2. The lowest BCUT2D eigenvalue weighted by atomic mass is 10.1. The predicted octanol–water partition coefficient (Wildman–Crippen LogP) is 3.73. The lowest BCUT2D eigenvalue weighted by Gasteiger charge is -2.29. The van der Waals surface area contributed by atoms with Crippen molar-refractivity contribution in [3.8, 4) is 0 Å². The normalized spacial score (nSPS) is 22.7. The van der Waals surface area contributed by atoms with E-state index >= 15 is 0 Å². The lowest BCUT2D eigenvalue weighted by Crippen LogP contribution is -2.35. The van der Waals surface area contributed by atoms with Crippen molar-refractivity contribution in [3.63, 3.8) is 0 Å². The summed E-state index contributed by atoms with van der Waals surface area (Å²) in [5.74, 6) is 1.20. The fourth-order valence-electron chi connectivity index (χ4n) is 2.30. The van der Waals surface area contributed by atoms with Gasteiger partial charge in [-0.2, -0.15) is 11.8 Å². The second kappa shape index (κ2) is 6.27. The molecule has 2 nitrogen and oxygen atoms in total. The molecule has 1 aromatic rings. The molecule has 2 rings (SSSR count). The number of hydrogen-bond donors (Lipinski definition) is 1. The van der Waals surface area contributed by atoms with Crippen LogP contribution < -0.4 is 5.73 Å². The maximum Gasteiger partial charge on any atom is 0.0702 e. The van der Waals surface area contributed by atoms with E-state index in [1.807, 2.05) is 11.3 Å². The van der Waals surface area contributed by atoms with E-state index in [1.54, 1.807) is 0 Å². The minimum absolute atomic E-state index is 0.385. The smallest absolute Gasteiger partial charge is 0.0702 e. The Morgan fingerprint density at radius 1 is 1.44 bits per heavy atom. The number of thioether (sulfide) groups is 1. The molecule has 1 unspecified atom stereocenters. The van der Waals surface area contributed by atoms with Crippen LogP contribution in [0.2, 0.25) is 0 Å². The first kappa shape index (κ1) is 14.9. The summed E-state index contributed by atoms with van der Waals surface area (Å²) in [5.41, 5.74) is 6.01. The summed E-state index contributed by atoms with van der Waals surface area (Å²) in [6, 6.07) is 4.71. The molecule has 0 saturated carbocycles. The summed E-state index contributed by atoms with van der Waals surface area (Å²) in [6.07, 6.45) is 1.24. The highest BCUT2D eigenvalue weighted by Gasteiger charge is 2.28. The van der Waals surface area contributed by atoms with Gasteiger partial charge < -0.3 is 5.73 Å². The fourth-order valence-corrected chi connectivity index (χ4v) is 4.99. The van der Waals surface area contributed by atoms with Crippen molar-refractivity contribution in [2.75, 3.05) is 25.4 Å². The molecule has 1 aliphatic rings. The third-order valence-electron chi connectivity index (χ3n) is 3.46. The molecule has 18 heavy (non-hydrogen) atoms. The van der Waals surface area contributed by atoms with Gasteiger partial charge in [0.15, 0.2) is 0 Å². The molecule has 0 bridgehead atoms. The molecular weight excluding hydrogens is 328 g/mol. The van der Waals surface area contributed by atoms with Crippen LogP contribution in [-0.4, -0.2) is 35.0 Å². The number of nitrogens with zero attached hydrogens (tertiary/aromatic N) is 1. The van der Waals surface area contributed by atoms with Crippen LogP contribution >= 0.6 is 39.0 Å². The van der Waals surface area contributed by atoms with Gasteiger partial charge in [0.1, 0.15) is 0 Å². The Hall–Kier alpha value is 0.450. The van der Waals surface area contributed by atoms with Gasteiger partial charge in [-0.15, -0.1) is 11.3 Å². The van der Waals surface area contributed by atoms with E-state index in [-0.39, 0.29) is 0 Å². The molecule has 102 valence electrons. The first-order chi connectivity index (χ1) is 8.52. The van der Waals surface area contributed by atoms with Crippen molar-refractivity contribution < 1.29 is 0 Å². The Labute approximate surface area is 126 Å². The van der Waals surface area contributed by atoms with Gasteiger partial charge in [0.05, 0.1) is 9.83 Å². The molecule has 0 aromatic carbocycles. The van der Waals surface area contributed by atoms with Crippen molar-refractivity contribution in [3.05, 3.63) is 20.8 Å². The quantitative estimate of drug-likeness (QED) is 0.902. The Bertz CT molecular complexity index is 392. The molecule has 0 radical (unpaired) electrons. The third kappa shape index (κ3) is 3.73. The van der Waals surface area contributed by atoms with Crippen LogP contribution in [-0.2, 0) is 0 Å². The number of thiophene rings is 1. The van der Waals surface area contributed by atoms with E-state index in [9.17, 15) is 0 Å². The van der Waals surface area contributed by atoms with Crippen LogP contribution in [0.15, 0.2) is 15.9 Å². The SMILES string of the molecule is CC1(C)CCN(C(CN)c2ccc(Br)s2)CCS1. The average Bonchev–Trinajstić information content (AvgIpc) is 2.64. The van der Waals surface area contributed by atoms with Gasteiger partial charge in [-0.1, -0.05) is 13.8 Å². The van der Waals surface area contributed by atoms with Crippen LogP contribution in [0.1, 0.15) is 31.2 Å². The van der Waals surface area contributed by atoms with E-state index in [0.717, 1.165) is 13.1 Å². The maximum atomic E-state index is 6.01. The molecule has 1 fully saturated rings. The molecule has 5 heteroatoms. The van der Waals surface area contributed by atoms with Gasteiger partial charge in [-0.05, 0) is 34.5 Å². The Kier molecular flexibility index (Phi) is 5.17. The number of hydrogen-bond acceptors (Lipinski definition) is 4. The van der Waals surface area contributed by atoms with Gasteiger partial charge in [-0.25, -0.2) is 0 Å². The topological polar surface area (TPSA) is 29.3 Å². The van der Waals surface area contributed by atoms with Crippen molar-refractivity contribution in [2.24, 2.45) is 5.73 Å². The van der Waals surface area contributed by atoms with E-state index in [1.165, 1.54) is 20.8 Å². The molecular formula is C13H21BrN2S2. The molecule has 1 saturated heterocycles. The van der Waals surface area contributed by atoms with Crippen LogP contribution in [0, 0.1) is 0 Å². The number of nitrogens with two attached hydrogens (primary N) is 1. The van der Waals surface area contributed by atoms with Gasteiger partial charge in [-0.3, -0.25) is 4.90 Å². The summed E-state index contributed by atoms with van der Waals surface area (Å²) in [6.45, 7) is 7.70. The van der Waals surface area contributed by atoms with Gasteiger partial charge in [0, 0.05) is 35.0 Å². The largest absolute Gasteiger partial charge is 0.329 e. The zero-order valence-corrected chi connectivity index (χ0v) is 14.2. The molecule has 2 N–H and O–H groups in total. The predicted molar refractivity (Wildman–Crippen MR) is 86.5 cm³/mol. The molecule has 1 aromatic heterocycles. The Morgan fingerprint density at radius 2 is 2.22 bits per heavy atom. The second-order valence-electron chi connectivity index (χ2n) is 5.29. The molecule has 0 aliphatic carbocycles. The Morgan fingerprint density at radius 3 is 2.83 bits per heavy atom. The highest BCUT2D eigenvalue weighted by Crippen LogP contribution is 2.35. The van der Waals surface area contributed by atoms with Crippen molar-refractivity contribution >= 4 is 39.0 Å². The van der Waals surface area contributed by atoms with Crippen molar-refractivity contribution in [2.45, 2.75) is 31.1 Å². The second-order valence-corrected chi connectivity index (χ2v) is 9.58. The number of halogens is 1. The first-order valence-corrected chi connectivity index (χ1v) is 8.95. The third-order valence-corrected chi connectivity index (χ3v) is 6.56. The van der Waals surface area contributed by atoms with Crippen LogP contribution in [0.5, 0.6) is 0 Å². The van der Waals surface area contributed by atoms with Crippen molar-refractivity contribution in [1.29, 1.82) is 0 Å². The summed E-state index contributed by atoms with van der Waals surface area (Å²) in [4.78, 5) is 3.94. The highest BCUT2D eigenvalue weighted by molar-refractivity contribution is 9.11. The molecule has 1 atom stereocenters. The summed E-state index contributed by atoms with van der Waals surface area (Å²) in [7, 11) is 0. The Balaban J connectivity index is 2.08. The van der Waals surface area contributed by atoms with Gasteiger partial charge in [0.2, 0.25) is 0 Å². The molecule has 2 heterocycles. The first-order valence-electron chi connectivity index (χ1n) is 6.35. The highest BCUT2D eigenvalue weighted by atomic mass is 79.9. The molecule has 0 amide bonds. The maximum absolute atomic E-state index is 6.01. The number of rotatable bonds is 3. The minimum Gasteiger partial charge on any atom is -0.329 e. The monoisotopic (exact) mass is 348 g/mol. The summed E-state index contributed by atoms with van der Waals surface area (Å²) < 4.78 is 1.60. The van der Waals surface area contributed by atoms with E-state index in [2.05, 4.69) is 58.6 Å². The molecule has 1 aliphatic heterocycles. The standard InChI is InChI=1S/C13H21BrN2S2/c1-13(2)5-6-16(7-8-17-13)10(9-15)11-3-4-12(14)18-11/h3-4,10H,5-9,15H2,1-2H3. The van der Waals surface area contributed by atoms with E-state index in [0.29, 0.717) is 17.3 Å². The van der Waals surface area contributed by atoms with E-state index in [4.69, 9.17) is 5.73 Å². The summed E-state index contributed by atoms with van der Waals surface area (Å²) in [5, 5.41) is 0.